The van der Waals surface area contributed by atoms with Gasteiger partial charge < -0.3 is 26.2 Å². The summed E-state index contributed by atoms with van der Waals surface area (Å²) in [4.78, 5) is 49.5. The molecule has 12 heteroatoms. The van der Waals surface area contributed by atoms with Crippen molar-refractivity contribution < 1.29 is 14.4 Å². The molecule has 4 N–H and O–H groups in total. The van der Waals surface area contributed by atoms with Gasteiger partial charge in [0.05, 0.1) is 18.1 Å². The Hall–Kier alpha value is -4.48. The number of carbonyl (C=O) groups excluding carboxylic acids is 3. The number of nitrogens with two attached hydrogens (primary N) is 1. The van der Waals surface area contributed by atoms with Crippen LogP contribution in [0, 0.1) is 0 Å². The lowest BCUT2D eigenvalue weighted by atomic mass is 9.97. The Kier molecular flexibility index (Phi) is 7.37. The molecule has 1 aromatic carbocycles. The number of aromatic nitrogens is 4. The molecule has 0 spiro atoms. The number of piperidine rings is 1. The highest BCUT2D eigenvalue weighted by Gasteiger charge is 2.31. The Morgan fingerprint density at radius 3 is 2.43 bits per heavy atom. The van der Waals surface area contributed by atoms with E-state index in [2.05, 4.69) is 30.6 Å². The monoisotopic (exact) mass is 505 g/mol. The zero-order valence-electron chi connectivity index (χ0n) is 21.3. The van der Waals surface area contributed by atoms with Crippen molar-refractivity contribution in [2.45, 2.75) is 31.8 Å². The van der Waals surface area contributed by atoms with Gasteiger partial charge >= 0.3 is 0 Å². The summed E-state index contributed by atoms with van der Waals surface area (Å²) in [5.74, 6) is -0.223. The average Bonchev–Trinajstić information content (AvgIpc) is 3.29. The summed E-state index contributed by atoms with van der Waals surface area (Å²) in [7, 11) is 5.15. The van der Waals surface area contributed by atoms with E-state index in [0.29, 0.717) is 29.2 Å². The van der Waals surface area contributed by atoms with E-state index in [1.165, 1.54) is 11.1 Å². The van der Waals surface area contributed by atoms with Gasteiger partial charge in [-0.2, -0.15) is 5.10 Å². The lowest BCUT2D eigenvalue weighted by Gasteiger charge is -2.40. The molecule has 1 aliphatic heterocycles. The number of hydrogen-bond acceptors (Lipinski definition) is 8. The van der Waals surface area contributed by atoms with Gasteiger partial charge in [0, 0.05) is 57.1 Å². The summed E-state index contributed by atoms with van der Waals surface area (Å²) in [6.07, 6.45) is 6.51. The van der Waals surface area contributed by atoms with Crippen LogP contribution >= 0.6 is 0 Å². The lowest BCUT2D eigenvalue weighted by Crippen LogP contribution is -2.54. The molecule has 1 fully saturated rings. The number of benzene rings is 1. The fraction of sp³-hybridized carbons (Fsp3) is 0.360. The van der Waals surface area contributed by atoms with Crippen LogP contribution in [-0.4, -0.2) is 75.1 Å². The van der Waals surface area contributed by atoms with Gasteiger partial charge in [-0.15, -0.1) is 0 Å². The number of carbonyl (C=O) groups is 3. The van der Waals surface area contributed by atoms with Gasteiger partial charge in [0.25, 0.3) is 17.7 Å². The standard InChI is InChI=1S/C25H31N9O3/c1-15-19(30-24(36)16-7-9-17(10-8-16)25(37)32(2)3)6-5-11-34(15)20-13-27-21(22(26)35)23(31-20)29-18-12-28-33(4)14-18/h7-10,12-15,19H,5-6,11H2,1-4H3,(H2,26,35)(H,29,31)(H,30,36)/t15-,19-/m1/s1. The van der Waals surface area contributed by atoms with Crippen LogP contribution in [0.15, 0.2) is 42.9 Å². The van der Waals surface area contributed by atoms with E-state index in [-0.39, 0.29) is 35.4 Å². The summed E-state index contributed by atoms with van der Waals surface area (Å²) < 4.78 is 1.62. The van der Waals surface area contributed by atoms with E-state index in [0.717, 1.165) is 12.8 Å². The lowest BCUT2D eigenvalue weighted by molar-refractivity contribution is 0.0826. The molecule has 3 aromatic rings. The average molecular weight is 506 g/mol. The molecule has 2 aromatic heterocycles. The van der Waals surface area contributed by atoms with Crippen molar-refractivity contribution in [3.8, 4) is 0 Å². The predicted octanol–water partition coefficient (Wildman–Crippen LogP) is 1.54. The second-order valence-electron chi connectivity index (χ2n) is 9.25. The Labute approximate surface area is 214 Å². The summed E-state index contributed by atoms with van der Waals surface area (Å²) in [5, 5.41) is 10.3. The first-order valence-electron chi connectivity index (χ1n) is 12.0. The number of nitrogens with zero attached hydrogens (tertiary/aromatic N) is 6. The van der Waals surface area contributed by atoms with Crippen LogP contribution in [0.4, 0.5) is 17.3 Å². The molecule has 0 radical (unpaired) electrons. The zero-order valence-corrected chi connectivity index (χ0v) is 21.3. The third-order valence-electron chi connectivity index (χ3n) is 6.36. The van der Waals surface area contributed by atoms with Gasteiger partial charge in [-0.25, -0.2) is 9.97 Å². The SMILES string of the molecule is C[C@@H]1[C@H](NC(=O)c2ccc(C(=O)N(C)C)cc2)CCCN1c1cnc(C(N)=O)c(Nc2cnn(C)c2)n1. The van der Waals surface area contributed by atoms with Crippen LogP contribution in [0.2, 0.25) is 0 Å². The topological polar surface area (TPSA) is 151 Å². The Bertz CT molecular complexity index is 1300. The van der Waals surface area contributed by atoms with E-state index in [1.807, 2.05) is 6.92 Å². The predicted molar refractivity (Wildman–Crippen MR) is 139 cm³/mol. The van der Waals surface area contributed by atoms with E-state index >= 15 is 0 Å². The van der Waals surface area contributed by atoms with Crippen molar-refractivity contribution in [2.75, 3.05) is 30.9 Å². The molecule has 12 nitrogen and oxygen atoms in total. The number of hydrogen-bond donors (Lipinski definition) is 3. The molecular formula is C25H31N9O3. The molecule has 0 aliphatic carbocycles. The Morgan fingerprint density at radius 2 is 1.81 bits per heavy atom. The van der Waals surface area contributed by atoms with Crippen molar-refractivity contribution in [1.29, 1.82) is 0 Å². The fourth-order valence-corrected chi connectivity index (χ4v) is 4.34. The number of rotatable bonds is 7. The first-order valence-corrected chi connectivity index (χ1v) is 12.0. The van der Waals surface area contributed by atoms with Gasteiger partial charge in [0.15, 0.2) is 11.5 Å². The molecule has 0 saturated carbocycles. The van der Waals surface area contributed by atoms with Gasteiger partial charge in [-0.05, 0) is 44.0 Å². The number of amides is 3. The molecule has 4 rings (SSSR count). The zero-order chi connectivity index (χ0) is 26.7. The second-order valence-corrected chi connectivity index (χ2v) is 9.25. The van der Waals surface area contributed by atoms with Gasteiger partial charge in [0.2, 0.25) is 0 Å². The summed E-state index contributed by atoms with van der Waals surface area (Å²) in [6.45, 7) is 2.73. The molecule has 0 unspecified atom stereocenters. The third-order valence-corrected chi connectivity index (χ3v) is 6.36. The van der Waals surface area contributed by atoms with E-state index in [1.54, 1.807) is 62.5 Å². The first-order chi connectivity index (χ1) is 17.6. The van der Waals surface area contributed by atoms with E-state index in [9.17, 15) is 14.4 Å². The van der Waals surface area contributed by atoms with Crippen LogP contribution in [-0.2, 0) is 7.05 Å². The summed E-state index contributed by atoms with van der Waals surface area (Å²) in [5.41, 5.74) is 7.19. The maximum Gasteiger partial charge on any atom is 0.271 e. The molecule has 37 heavy (non-hydrogen) atoms. The minimum Gasteiger partial charge on any atom is -0.364 e. The highest BCUT2D eigenvalue weighted by molar-refractivity contribution is 5.98. The summed E-state index contributed by atoms with van der Waals surface area (Å²) in [6, 6.07) is 6.38. The smallest absolute Gasteiger partial charge is 0.271 e. The maximum absolute atomic E-state index is 13.0. The van der Waals surface area contributed by atoms with Crippen LogP contribution in [0.5, 0.6) is 0 Å². The number of aryl methyl sites for hydroxylation is 1. The second kappa shape index (κ2) is 10.6. The van der Waals surface area contributed by atoms with E-state index < -0.39 is 5.91 Å². The normalized spacial score (nSPS) is 17.2. The minimum absolute atomic E-state index is 0.0262. The fourth-order valence-electron chi connectivity index (χ4n) is 4.34. The number of anilines is 3. The van der Waals surface area contributed by atoms with E-state index in [4.69, 9.17) is 5.73 Å². The third kappa shape index (κ3) is 5.68. The van der Waals surface area contributed by atoms with Crippen molar-refractivity contribution in [3.05, 3.63) is 59.7 Å². The van der Waals surface area contributed by atoms with Crippen molar-refractivity contribution in [3.63, 3.8) is 0 Å². The molecule has 3 heterocycles. The number of primary amides is 1. The van der Waals surface area contributed by atoms with Crippen LogP contribution in [0.1, 0.15) is 51.0 Å². The molecule has 194 valence electrons. The minimum atomic E-state index is -0.694. The largest absolute Gasteiger partial charge is 0.364 e. The van der Waals surface area contributed by atoms with Gasteiger partial charge in [0.1, 0.15) is 5.82 Å². The van der Waals surface area contributed by atoms with Crippen LogP contribution in [0.3, 0.4) is 0 Å². The highest BCUT2D eigenvalue weighted by atomic mass is 16.2. The van der Waals surface area contributed by atoms with Gasteiger partial charge in [-0.1, -0.05) is 0 Å². The molecular weight excluding hydrogens is 474 g/mol. The summed E-state index contributed by atoms with van der Waals surface area (Å²) >= 11 is 0. The molecule has 0 bridgehead atoms. The van der Waals surface area contributed by atoms with Crippen LogP contribution in [0.25, 0.3) is 0 Å². The molecule has 3 amide bonds. The quantitative estimate of drug-likeness (QED) is 0.437. The first kappa shape index (κ1) is 25.6. The Balaban J connectivity index is 1.50. The molecule has 1 aliphatic rings. The molecule has 2 atom stereocenters. The maximum atomic E-state index is 13.0. The van der Waals surface area contributed by atoms with Gasteiger partial charge in [-0.3, -0.25) is 19.1 Å². The van der Waals surface area contributed by atoms with Crippen molar-refractivity contribution in [2.24, 2.45) is 12.8 Å². The van der Waals surface area contributed by atoms with Crippen molar-refractivity contribution in [1.82, 2.24) is 30.0 Å². The number of nitrogens with one attached hydrogen (secondary N) is 2. The van der Waals surface area contributed by atoms with Crippen molar-refractivity contribution >= 4 is 35.0 Å². The van der Waals surface area contributed by atoms with Crippen LogP contribution < -0.4 is 21.3 Å². The highest BCUT2D eigenvalue weighted by Crippen LogP contribution is 2.26. The Morgan fingerprint density at radius 1 is 1.11 bits per heavy atom. The molecule has 1 saturated heterocycles.